The van der Waals surface area contributed by atoms with E-state index in [0.29, 0.717) is 0 Å². The van der Waals surface area contributed by atoms with E-state index < -0.39 is 0 Å². The van der Waals surface area contributed by atoms with Gasteiger partial charge in [-0.3, -0.25) is 9.59 Å². The van der Waals surface area contributed by atoms with Gasteiger partial charge in [-0.1, -0.05) is 32.8 Å². The molecule has 4 nitrogen and oxygen atoms in total. The smallest absolute Gasteiger partial charge is 0.307 e. The zero-order chi connectivity index (χ0) is 14.1. The molecule has 0 spiro atoms. The number of rotatable bonds is 7. The SMILES string of the molecule is CCC/C(C)=C/C(=O)NC(CC(=O)OC)C(C)C. The molecule has 18 heavy (non-hydrogen) atoms. The normalized spacial score (nSPS) is 13.3. The molecule has 0 aliphatic carbocycles. The van der Waals surface area contributed by atoms with Crippen molar-refractivity contribution in [2.45, 2.75) is 53.0 Å². The Morgan fingerprint density at radius 3 is 2.39 bits per heavy atom. The van der Waals surface area contributed by atoms with E-state index in [9.17, 15) is 9.59 Å². The number of amides is 1. The first-order chi connectivity index (χ1) is 8.40. The predicted octanol–water partition coefficient (Wildman–Crippen LogP) is 2.44. The molecule has 1 amide bonds. The Morgan fingerprint density at radius 2 is 1.94 bits per heavy atom. The van der Waals surface area contributed by atoms with Gasteiger partial charge < -0.3 is 10.1 Å². The van der Waals surface area contributed by atoms with Gasteiger partial charge in [-0.25, -0.2) is 0 Å². The van der Waals surface area contributed by atoms with Crippen LogP contribution in [0.25, 0.3) is 0 Å². The third-order valence-electron chi connectivity index (χ3n) is 2.77. The van der Waals surface area contributed by atoms with E-state index in [-0.39, 0.29) is 30.3 Å². The second kappa shape index (κ2) is 8.72. The van der Waals surface area contributed by atoms with Crippen LogP contribution in [0.4, 0.5) is 0 Å². The summed E-state index contributed by atoms with van der Waals surface area (Å²) in [5.74, 6) is -0.250. The maximum atomic E-state index is 11.8. The molecular weight excluding hydrogens is 230 g/mol. The van der Waals surface area contributed by atoms with E-state index in [1.165, 1.54) is 7.11 Å². The number of esters is 1. The largest absolute Gasteiger partial charge is 0.469 e. The molecule has 0 aliphatic heterocycles. The van der Waals surface area contributed by atoms with Crippen LogP contribution in [0.15, 0.2) is 11.6 Å². The molecule has 1 N–H and O–H groups in total. The average Bonchev–Trinajstić information content (AvgIpc) is 2.27. The highest BCUT2D eigenvalue weighted by Gasteiger charge is 2.19. The van der Waals surface area contributed by atoms with E-state index >= 15 is 0 Å². The standard InChI is InChI=1S/C14H25NO3/c1-6-7-11(4)8-13(16)15-12(10(2)3)9-14(17)18-5/h8,10,12H,6-7,9H2,1-5H3,(H,15,16)/b11-8+. The molecule has 0 radical (unpaired) electrons. The summed E-state index contributed by atoms with van der Waals surface area (Å²) in [5, 5.41) is 2.85. The van der Waals surface area contributed by atoms with Crippen LogP contribution in [0.3, 0.4) is 0 Å². The molecule has 0 aromatic heterocycles. The predicted molar refractivity (Wildman–Crippen MR) is 72.1 cm³/mol. The minimum atomic E-state index is -0.303. The first-order valence-corrected chi connectivity index (χ1v) is 6.45. The summed E-state index contributed by atoms with van der Waals surface area (Å²) >= 11 is 0. The second-order valence-corrected chi connectivity index (χ2v) is 4.88. The summed E-state index contributed by atoms with van der Waals surface area (Å²) in [4.78, 5) is 23.0. The number of allylic oxidation sites excluding steroid dienone is 1. The van der Waals surface area contributed by atoms with E-state index in [4.69, 9.17) is 0 Å². The van der Waals surface area contributed by atoms with Crippen molar-refractivity contribution in [2.75, 3.05) is 7.11 Å². The fourth-order valence-electron chi connectivity index (χ4n) is 1.63. The van der Waals surface area contributed by atoms with E-state index in [1.54, 1.807) is 6.08 Å². The van der Waals surface area contributed by atoms with Crippen LogP contribution in [0.1, 0.15) is 47.0 Å². The van der Waals surface area contributed by atoms with Gasteiger partial charge in [-0.15, -0.1) is 0 Å². The highest BCUT2D eigenvalue weighted by atomic mass is 16.5. The molecule has 1 atom stereocenters. The quantitative estimate of drug-likeness (QED) is 0.561. The van der Waals surface area contributed by atoms with Crippen LogP contribution in [0, 0.1) is 5.92 Å². The van der Waals surface area contributed by atoms with Crippen LogP contribution >= 0.6 is 0 Å². The Bertz CT molecular complexity index is 308. The average molecular weight is 255 g/mol. The van der Waals surface area contributed by atoms with Crippen molar-refractivity contribution in [2.24, 2.45) is 5.92 Å². The molecule has 0 aromatic rings. The molecule has 4 heteroatoms. The van der Waals surface area contributed by atoms with E-state index in [2.05, 4.69) is 17.0 Å². The van der Waals surface area contributed by atoms with Gasteiger partial charge in [0.15, 0.2) is 0 Å². The summed E-state index contributed by atoms with van der Waals surface area (Å²) in [6.45, 7) is 7.95. The summed E-state index contributed by atoms with van der Waals surface area (Å²) in [5.41, 5.74) is 1.05. The Labute approximate surface area is 110 Å². The molecule has 104 valence electrons. The van der Waals surface area contributed by atoms with Gasteiger partial charge in [0, 0.05) is 12.1 Å². The Kier molecular flexibility index (Phi) is 8.08. The van der Waals surface area contributed by atoms with E-state index in [1.807, 2.05) is 20.8 Å². The number of hydrogen-bond donors (Lipinski definition) is 1. The highest BCUT2D eigenvalue weighted by molar-refractivity contribution is 5.88. The van der Waals surface area contributed by atoms with Gasteiger partial charge in [0.1, 0.15) is 0 Å². The minimum Gasteiger partial charge on any atom is -0.469 e. The van der Waals surface area contributed by atoms with Crippen molar-refractivity contribution >= 4 is 11.9 Å². The molecule has 0 aromatic carbocycles. The lowest BCUT2D eigenvalue weighted by Crippen LogP contribution is -2.39. The van der Waals surface area contributed by atoms with Gasteiger partial charge in [-0.05, 0) is 19.3 Å². The van der Waals surface area contributed by atoms with Gasteiger partial charge >= 0.3 is 5.97 Å². The fraction of sp³-hybridized carbons (Fsp3) is 0.714. The summed E-state index contributed by atoms with van der Waals surface area (Å²) < 4.78 is 4.63. The molecule has 0 saturated carbocycles. The molecule has 0 heterocycles. The summed E-state index contributed by atoms with van der Waals surface area (Å²) in [7, 11) is 1.35. The lowest BCUT2D eigenvalue weighted by molar-refractivity contribution is -0.141. The number of hydrogen-bond acceptors (Lipinski definition) is 3. The lowest BCUT2D eigenvalue weighted by Gasteiger charge is -2.20. The third-order valence-corrected chi connectivity index (χ3v) is 2.77. The van der Waals surface area contributed by atoms with Crippen molar-refractivity contribution in [1.82, 2.24) is 5.32 Å². The van der Waals surface area contributed by atoms with Gasteiger partial charge in [-0.2, -0.15) is 0 Å². The second-order valence-electron chi connectivity index (χ2n) is 4.88. The minimum absolute atomic E-state index is 0.136. The van der Waals surface area contributed by atoms with Crippen molar-refractivity contribution in [3.8, 4) is 0 Å². The Hall–Kier alpha value is -1.32. The number of nitrogens with one attached hydrogen (secondary N) is 1. The van der Waals surface area contributed by atoms with Crippen molar-refractivity contribution in [3.63, 3.8) is 0 Å². The van der Waals surface area contributed by atoms with Gasteiger partial charge in [0.2, 0.25) is 5.91 Å². The van der Waals surface area contributed by atoms with Gasteiger partial charge in [0.05, 0.1) is 13.5 Å². The number of carbonyl (C=O) groups excluding carboxylic acids is 2. The monoisotopic (exact) mass is 255 g/mol. The topological polar surface area (TPSA) is 55.4 Å². The zero-order valence-corrected chi connectivity index (χ0v) is 12.1. The molecule has 0 aliphatic rings. The van der Waals surface area contributed by atoms with Crippen molar-refractivity contribution in [3.05, 3.63) is 11.6 Å². The van der Waals surface area contributed by atoms with Crippen LogP contribution in [-0.2, 0) is 14.3 Å². The molecule has 1 unspecified atom stereocenters. The maximum Gasteiger partial charge on any atom is 0.307 e. The molecule has 0 rings (SSSR count). The highest BCUT2D eigenvalue weighted by Crippen LogP contribution is 2.08. The zero-order valence-electron chi connectivity index (χ0n) is 12.1. The third kappa shape index (κ3) is 7.09. The van der Waals surface area contributed by atoms with Crippen LogP contribution < -0.4 is 5.32 Å². The molecular formula is C14H25NO3. The van der Waals surface area contributed by atoms with Crippen LogP contribution in [0.5, 0.6) is 0 Å². The molecule has 0 fully saturated rings. The first-order valence-electron chi connectivity index (χ1n) is 6.45. The lowest BCUT2D eigenvalue weighted by atomic mass is 10.0. The summed E-state index contributed by atoms with van der Waals surface area (Å²) in [6.07, 6.45) is 3.75. The van der Waals surface area contributed by atoms with Crippen LogP contribution in [-0.4, -0.2) is 25.0 Å². The number of carbonyl (C=O) groups is 2. The van der Waals surface area contributed by atoms with E-state index in [0.717, 1.165) is 18.4 Å². The fourth-order valence-corrected chi connectivity index (χ4v) is 1.63. The van der Waals surface area contributed by atoms with Crippen molar-refractivity contribution in [1.29, 1.82) is 0 Å². The molecule has 0 bridgehead atoms. The van der Waals surface area contributed by atoms with Crippen molar-refractivity contribution < 1.29 is 14.3 Å². The molecule has 0 saturated heterocycles. The first kappa shape index (κ1) is 16.7. The van der Waals surface area contributed by atoms with Gasteiger partial charge in [0.25, 0.3) is 0 Å². The summed E-state index contributed by atoms with van der Waals surface area (Å²) in [6, 6.07) is -0.185. The number of methoxy groups -OCH3 is 1. The Morgan fingerprint density at radius 1 is 1.33 bits per heavy atom. The van der Waals surface area contributed by atoms with Crippen LogP contribution in [0.2, 0.25) is 0 Å². The Balaban J connectivity index is 4.45. The maximum absolute atomic E-state index is 11.8. The number of ether oxygens (including phenoxy) is 1.